The Morgan fingerprint density at radius 2 is 1.13 bits per heavy atom. The Hall–Kier alpha value is -3.07. The van der Waals surface area contributed by atoms with Crippen molar-refractivity contribution in [1.82, 2.24) is 0 Å². The quantitative estimate of drug-likeness (QED) is 0.360. The molecule has 0 atom stereocenters. The third kappa shape index (κ3) is 2.08. The van der Waals surface area contributed by atoms with Crippen molar-refractivity contribution in [1.29, 1.82) is 5.26 Å². The molecule has 0 saturated heterocycles. The van der Waals surface area contributed by atoms with E-state index in [2.05, 4.69) is 77.7 Å². The lowest BCUT2D eigenvalue weighted by Crippen LogP contribution is -2.62. The highest BCUT2D eigenvalue weighted by molar-refractivity contribution is 8.01. The standard InChI is InChI=1S/C25H13BN2S2/c27-14-15-10-12-16(13-11-15)28-17-4-1-6-19-23(17)26-24-18(28)5-2-7-20(24)30-22-9-3-8-21(29-19)25(22)26/h1-13H. The van der Waals surface area contributed by atoms with Gasteiger partial charge >= 0.3 is 0 Å². The second-order valence-corrected chi connectivity index (χ2v) is 9.84. The summed E-state index contributed by atoms with van der Waals surface area (Å²) in [5, 5.41) is 9.23. The van der Waals surface area contributed by atoms with Crippen LogP contribution in [0.1, 0.15) is 5.56 Å². The first kappa shape index (κ1) is 16.7. The Labute approximate surface area is 183 Å². The van der Waals surface area contributed by atoms with Crippen molar-refractivity contribution >= 4 is 63.7 Å². The molecule has 0 bridgehead atoms. The van der Waals surface area contributed by atoms with Crippen molar-refractivity contribution in [2.45, 2.75) is 19.6 Å². The van der Waals surface area contributed by atoms with Gasteiger partial charge in [-0.15, -0.1) is 0 Å². The Balaban J connectivity index is 1.57. The van der Waals surface area contributed by atoms with Gasteiger partial charge in [0.25, 0.3) is 6.71 Å². The maximum atomic E-state index is 9.23. The van der Waals surface area contributed by atoms with Crippen LogP contribution >= 0.6 is 23.5 Å². The fourth-order valence-electron chi connectivity index (χ4n) is 4.96. The maximum Gasteiger partial charge on any atom is 0.252 e. The van der Waals surface area contributed by atoms with Gasteiger partial charge in [0.1, 0.15) is 0 Å². The molecule has 3 aliphatic rings. The highest BCUT2D eigenvalue weighted by atomic mass is 32.2. The molecule has 0 aliphatic carbocycles. The molecule has 0 fully saturated rings. The lowest BCUT2D eigenvalue weighted by Gasteiger charge is -2.43. The summed E-state index contributed by atoms with van der Waals surface area (Å²) < 4.78 is 0. The van der Waals surface area contributed by atoms with Gasteiger partial charge in [0.2, 0.25) is 0 Å². The minimum atomic E-state index is 0.283. The molecule has 0 radical (unpaired) electrons. The Kier molecular flexibility index (Phi) is 3.33. The first-order valence-corrected chi connectivity index (χ1v) is 11.5. The molecule has 2 nitrogen and oxygen atoms in total. The Bertz CT molecular complexity index is 1350. The van der Waals surface area contributed by atoms with Crippen LogP contribution in [0.25, 0.3) is 0 Å². The van der Waals surface area contributed by atoms with Crippen LogP contribution in [0.5, 0.6) is 0 Å². The molecule has 4 aromatic carbocycles. The number of anilines is 3. The van der Waals surface area contributed by atoms with E-state index in [4.69, 9.17) is 0 Å². The number of benzene rings is 4. The van der Waals surface area contributed by atoms with E-state index in [-0.39, 0.29) is 6.71 Å². The number of hydrogen-bond acceptors (Lipinski definition) is 4. The molecule has 5 heteroatoms. The molecule has 0 spiro atoms. The monoisotopic (exact) mass is 416 g/mol. The molecule has 3 heterocycles. The Morgan fingerprint density at radius 3 is 1.67 bits per heavy atom. The third-order valence-electron chi connectivity index (χ3n) is 6.15. The van der Waals surface area contributed by atoms with Crippen LogP contribution < -0.4 is 21.3 Å². The van der Waals surface area contributed by atoms with Gasteiger partial charge in [-0.3, -0.25) is 0 Å². The van der Waals surface area contributed by atoms with Crippen molar-refractivity contribution in [3.05, 3.63) is 84.4 Å². The summed E-state index contributed by atoms with van der Waals surface area (Å²) in [6.45, 7) is 0.283. The lowest BCUT2D eigenvalue weighted by atomic mass is 9.34. The minimum absolute atomic E-state index is 0.283. The van der Waals surface area contributed by atoms with Crippen molar-refractivity contribution in [2.24, 2.45) is 0 Å². The van der Waals surface area contributed by atoms with Gasteiger partial charge in [0.05, 0.1) is 11.6 Å². The van der Waals surface area contributed by atoms with E-state index >= 15 is 0 Å². The van der Waals surface area contributed by atoms with Gasteiger partial charge in [-0.1, -0.05) is 41.7 Å². The summed E-state index contributed by atoms with van der Waals surface area (Å²) in [6, 6.07) is 30.2. The summed E-state index contributed by atoms with van der Waals surface area (Å²) in [7, 11) is 0. The van der Waals surface area contributed by atoms with Crippen LogP contribution in [0, 0.1) is 11.3 Å². The second-order valence-electron chi connectivity index (χ2n) is 7.68. The molecule has 0 saturated carbocycles. The first-order valence-electron chi connectivity index (χ1n) is 9.88. The minimum Gasteiger partial charge on any atom is -0.311 e. The van der Waals surface area contributed by atoms with Crippen LogP contribution in [-0.4, -0.2) is 6.71 Å². The van der Waals surface area contributed by atoms with E-state index in [0.29, 0.717) is 5.56 Å². The molecular weight excluding hydrogens is 403 g/mol. The van der Waals surface area contributed by atoms with Crippen LogP contribution in [-0.2, 0) is 0 Å². The van der Waals surface area contributed by atoms with Gasteiger partial charge in [0, 0.05) is 36.6 Å². The van der Waals surface area contributed by atoms with Gasteiger partial charge in [0.15, 0.2) is 0 Å². The van der Waals surface area contributed by atoms with Gasteiger partial charge in [-0.2, -0.15) is 5.26 Å². The lowest BCUT2D eigenvalue weighted by molar-refractivity contribution is 1.24. The number of nitriles is 1. The van der Waals surface area contributed by atoms with Crippen LogP contribution in [0.4, 0.5) is 17.1 Å². The smallest absolute Gasteiger partial charge is 0.252 e. The van der Waals surface area contributed by atoms with E-state index in [1.165, 1.54) is 47.3 Å². The zero-order valence-electron chi connectivity index (χ0n) is 15.8. The fourth-order valence-corrected chi connectivity index (χ4v) is 7.43. The topological polar surface area (TPSA) is 27.0 Å². The third-order valence-corrected chi connectivity index (χ3v) is 8.46. The molecule has 138 valence electrons. The number of hydrogen-bond donors (Lipinski definition) is 0. The van der Waals surface area contributed by atoms with E-state index < -0.39 is 0 Å². The zero-order chi connectivity index (χ0) is 19.8. The first-order chi connectivity index (χ1) is 14.8. The molecule has 7 rings (SSSR count). The predicted octanol–water partition coefficient (Wildman–Crippen LogP) is 4.79. The molecular formula is C25H13BN2S2. The molecule has 0 N–H and O–H groups in total. The highest BCUT2D eigenvalue weighted by Crippen LogP contribution is 2.46. The van der Waals surface area contributed by atoms with Gasteiger partial charge < -0.3 is 4.90 Å². The molecule has 3 aliphatic heterocycles. The fraction of sp³-hybridized carbons (Fsp3) is 0. The Morgan fingerprint density at radius 1 is 0.633 bits per heavy atom. The SMILES string of the molecule is N#Cc1ccc(N2c3cccc4c3B3c5c(cccc5Sc5cccc2c53)S4)cc1. The van der Waals surface area contributed by atoms with Gasteiger partial charge in [-0.05, 0) is 77.1 Å². The van der Waals surface area contributed by atoms with E-state index in [0.717, 1.165) is 5.69 Å². The maximum absolute atomic E-state index is 9.23. The largest absolute Gasteiger partial charge is 0.311 e. The van der Waals surface area contributed by atoms with E-state index in [1.54, 1.807) is 0 Å². The predicted molar refractivity (Wildman–Crippen MR) is 125 cm³/mol. The van der Waals surface area contributed by atoms with Crippen LogP contribution in [0.3, 0.4) is 0 Å². The molecule has 0 amide bonds. The van der Waals surface area contributed by atoms with E-state index in [9.17, 15) is 5.26 Å². The summed E-state index contributed by atoms with van der Waals surface area (Å²) in [4.78, 5) is 7.81. The van der Waals surface area contributed by atoms with Crippen molar-refractivity contribution < 1.29 is 0 Å². The summed E-state index contributed by atoms with van der Waals surface area (Å²) >= 11 is 3.78. The average Bonchev–Trinajstić information content (AvgIpc) is 2.79. The van der Waals surface area contributed by atoms with Crippen molar-refractivity contribution in [3.8, 4) is 6.07 Å². The average molecular weight is 416 g/mol. The summed E-state index contributed by atoms with van der Waals surface area (Å²) in [6.07, 6.45) is 0. The number of nitrogens with zero attached hydrogens (tertiary/aromatic N) is 2. The highest BCUT2D eigenvalue weighted by Gasteiger charge is 2.45. The van der Waals surface area contributed by atoms with Gasteiger partial charge in [-0.25, -0.2) is 0 Å². The molecule has 0 aromatic heterocycles. The normalized spacial score (nSPS) is 14.2. The van der Waals surface area contributed by atoms with Crippen LogP contribution in [0.2, 0.25) is 0 Å². The molecule has 4 aromatic rings. The zero-order valence-corrected chi connectivity index (χ0v) is 17.4. The molecule has 30 heavy (non-hydrogen) atoms. The van der Waals surface area contributed by atoms with Crippen LogP contribution in [0.15, 0.2) is 98.4 Å². The summed E-state index contributed by atoms with van der Waals surface area (Å²) in [5.74, 6) is 0. The summed E-state index contributed by atoms with van der Waals surface area (Å²) in [5.41, 5.74) is 8.54. The second kappa shape index (κ2) is 5.98. The van der Waals surface area contributed by atoms with Crippen molar-refractivity contribution in [2.75, 3.05) is 4.90 Å². The number of rotatable bonds is 1. The molecule has 0 unspecified atom stereocenters. The van der Waals surface area contributed by atoms with Crippen molar-refractivity contribution in [3.63, 3.8) is 0 Å². The van der Waals surface area contributed by atoms with E-state index in [1.807, 2.05) is 35.7 Å².